The van der Waals surface area contributed by atoms with E-state index in [0.717, 1.165) is 28.4 Å². The summed E-state index contributed by atoms with van der Waals surface area (Å²) in [6, 6.07) is 17.1. The lowest BCUT2D eigenvalue weighted by Crippen LogP contribution is -2.31. The van der Waals surface area contributed by atoms with Gasteiger partial charge in [0.15, 0.2) is 6.61 Å². The number of hydrogen-bond donors (Lipinski definition) is 0. The second-order valence-corrected chi connectivity index (χ2v) is 6.61. The zero-order chi connectivity index (χ0) is 20.1. The largest absolute Gasteiger partial charge is 0.497 e. The van der Waals surface area contributed by atoms with E-state index in [-0.39, 0.29) is 12.5 Å². The normalized spacial score (nSPS) is 10.6. The minimum absolute atomic E-state index is 0.0201. The van der Waals surface area contributed by atoms with Gasteiger partial charge >= 0.3 is 0 Å². The van der Waals surface area contributed by atoms with E-state index in [0.29, 0.717) is 12.3 Å². The van der Waals surface area contributed by atoms with Crippen molar-refractivity contribution in [2.75, 3.05) is 20.8 Å². The molecule has 3 rings (SSSR count). The zero-order valence-corrected chi connectivity index (χ0v) is 16.7. The maximum absolute atomic E-state index is 12.5. The Morgan fingerprint density at radius 2 is 1.68 bits per heavy atom. The van der Waals surface area contributed by atoms with Crippen LogP contribution in [0.15, 0.2) is 54.6 Å². The van der Waals surface area contributed by atoms with Crippen LogP contribution in [-0.2, 0) is 11.3 Å². The quantitative estimate of drug-likeness (QED) is 0.630. The highest BCUT2D eigenvalue weighted by atomic mass is 16.5. The molecule has 0 aliphatic carbocycles. The van der Waals surface area contributed by atoms with Gasteiger partial charge in [-0.2, -0.15) is 5.10 Å². The first kappa shape index (κ1) is 19.5. The van der Waals surface area contributed by atoms with Gasteiger partial charge in [0.1, 0.15) is 11.5 Å². The van der Waals surface area contributed by atoms with Gasteiger partial charge in [0.05, 0.1) is 18.5 Å². The van der Waals surface area contributed by atoms with Gasteiger partial charge in [0.25, 0.3) is 5.91 Å². The summed E-state index contributed by atoms with van der Waals surface area (Å²) in [4.78, 5) is 14.2. The van der Waals surface area contributed by atoms with Crippen molar-refractivity contribution in [3.63, 3.8) is 0 Å². The van der Waals surface area contributed by atoms with Crippen LogP contribution in [0.25, 0.3) is 5.69 Å². The number of amides is 1. The summed E-state index contributed by atoms with van der Waals surface area (Å²) >= 11 is 0. The Labute approximate surface area is 165 Å². The van der Waals surface area contributed by atoms with Gasteiger partial charge in [0, 0.05) is 24.8 Å². The van der Waals surface area contributed by atoms with E-state index in [4.69, 9.17) is 9.47 Å². The van der Waals surface area contributed by atoms with Crippen LogP contribution in [0.3, 0.4) is 0 Å². The third-order valence-electron chi connectivity index (χ3n) is 4.68. The molecule has 1 aromatic heterocycles. The molecule has 6 nitrogen and oxygen atoms in total. The van der Waals surface area contributed by atoms with Crippen molar-refractivity contribution >= 4 is 5.91 Å². The van der Waals surface area contributed by atoms with Crippen molar-refractivity contribution < 1.29 is 14.3 Å². The van der Waals surface area contributed by atoms with E-state index in [1.165, 1.54) is 0 Å². The second kappa shape index (κ2) is 8.61. The Hall–Kier alpha value is -3.28. The van der Waals surface area contributed by atoms with E-state index >= 15 is 0 Å². The molecule has 146 valence electrons. The number of rotatable bonds is 7. The number of ether oxygens (including phenoxy) is 2. The Morgan fingerprint density at radius 1 is 1.04 bits per heavy atom. The van der Waals surface area contributed by atoms with Crippen LogP contribution in [0.5, 0.6) is 11.5 Å². The number of carbonyl (C=O) groups is 1. The minimum Gasteiger partial charge on any atom is -0.497 e. The fourth-order valence-corrected chi connectivity index (χ4v) is 2.98. The number of carbonyl (C=O) groups excluding carboxylic acids is 1. The summed E-state index contributed by atoms with van der Waals surface area (Å²) in [7, 11) is 3.39. The first-order valence-electron chi connectivity index (χ1n) is 9.11. The van der Waals surface area contributed by atoms with E-state index in [9.17, 15) is 4.79 Å². The second-order valence-electron chi connectivity index (χ2n) is 6.61. The summed E-state index contributed by atoms with van der Waals surface area (Å²) in [5, 5.41) is 4.64. The molecule has 6 heteroatoms. The van der Waals surface area contributed by atoms with Gasteiger partial charge in [-0.05, 0) is 50.2 Å². The van der Waals surface area contributed by atoms with Gasteiger partial charge in [-0.3, -0.25) is 4.79 Å². The predicted octanol–water partition coefficient (Wildman–Crippen LogP) is 3.54. The van der Waals surface area contributed by atoms with Crippen LogP contribution in [-0.4, -0.2) is 41.4 Å². The fraction of sp³-hybridized carbons (Fsp3) is 0.273. The maximum atomic E-state index is 12.5. The number of aromatic nitrogens is 2. The zero-order valence-electron chi connectivity index (χ0n) is 16.7. The van der Waals surface area contributed by atoms with Crippen molar-refractivity contribution in [1.29, 1.82) is 0 Å². The van der Waals surface area contributed by atoms with Crippen LogP contribution < -0.4 is 9.47 Å². The van der Waals surface area contributed by atoms with Gasteiger partial charge in [0.2, 0.25) is 0 Å². The first-order valence-corrected chi connectivity index (χ1v) is 9.11. The third kappa shape index (κ3) is 4.34. The smallest absolute Gasteiger partial charge is 0.260 e. The summed E-state index contributed by atoms with van der Waals surface area (Å²) in [5.41, 5.74) is 3.99. The molecule has 0 saturated carbocycles. The van der Waals surface area contributed by atoms with Crippen LogP contribution in [0, 0.1) is 13.8 Å². The summed E-state index contributed by atoms with van der Waals surface area (Å²) in [6.45, 7) is 4.45. The Morgan fingerprint density at radius 3 is 2.32 bits per heavy atom. The first-order chi connectivity index (χ1) is 13.5. The van der Waals surface area contributed by atoms with Crippen LogP contribution in [0.2, 0.25) is 0 Å². The number of para-hydroxylation sites is 1. The number of aryl methyl sites for hydroxylation is 1. The average Bonchev–Trinajstić information content (AvgIpc) is 3.01. The Bertz CT molecular complexity index is 934. The summed E-state index contributed by atoms with van der Waals surface area (Å²) in [6.07, 6.45) is 0. The summed E-state index contributed by atoms with van der Waals surface area (Å²) in [5.74, 6) is 1.28. The number of nitrogens with zero attached hydrogens (tertiary/aromatic N) is 3. The molecule has 0 spiro atoms. The molecular weight excluding hydrogens is 354 g/mol. The van der Waals surface area contributed by atoms with Gasteiger partial charge in [-0.15, -0.1) is 0 Å². The standard InChI is InChI=1S/C22H25N3O3/c1-16-21(17(2)25(23-16)18-8-6-5-7-9-18)14-24(3)22(26)15-28-20-12-10-19(27-4)11-13-20/h5-13H,14-15H2,1-4H3. The number of methoxy groups -OCH3 is 1. The van der Waals surface area contributed by atoms with Crippen molar-refractivity contribution in [2.45, 2.75) is 20.4 Å². The number of hydrogen-bond acceptors (Lipinski definition) is 4. The SMILES string of the molecule is COc1ccc(OCC(=O)N(C)Cc2c(C)nn(-c3ccccc3)c2C)cc1. The van der Waals surface area contributed by atoms with Gasteiger partial charge < -0.3 is 14.4 Å². The molecule has 0 saturated heterocycles. The molecular formula is C22H25N3O3. The lowest BCUT2D eigenvalue weighted by Gasteiger charge is -2.18. The molecule has 3 aromatic rings. The molecule has 1 amide bonds. The van der Waals surface area contributed by atoms with E-state index in [1.807, 2.05) is 48.9 Å². The summed E-state index contributed by atoms with van der Waals surface area (Å²) < 4.78 is 12.6. The minimum atomic E-state index is -0.0953. The molecule has 0 N–H and O–H groups in total. The molecule has 0 atom stereocenters. The van der Waals surface area contributed by atoms with E-state index in [2.05, 4.69) is 5.10 Å². The molecule has 0 aliphatic rings. The van der Waals surface area contributed by atoms with Crippen molar-refractivity contribution in [3.05, 3.63) is 71.5 Å². The predicted molar refractivity (Wildman–Crippen MR) is 108 cm³/mol. The lowest BCUT2D eigenvalue weighted by molar-refractivity contribution is -0.132. The molecule has 0 bridgehead atoms. The lowest BCUT2D eigenvalue weighted by atomic mass is 10.2. The number of benzene rings is 2. The Balaban J connectivity index is 1.64. The maximum Gasteiger partial charge on any atom is 0.260 e. The van der Waals surface area contributed by atoms with Crippen molar-refractivity contribution in [3.8, 4) is 17.2 Å². The van der Waals surface area contributed by atoms with Gasteiger partial charge in [-0.25, -0.2) is 4.68 Å². The molecule has 28 heavy (non-hydrogen) atoms. The Kier molecular flexibility index (Phi) is 5.99. The topological polar surface area (TPSA) is 56.6 Å². The monoisotopic (exact) mass is 379 g/mol. The van der Waals surface area contributed by atoms with E-state index in [1.54, 1.807) is 43.3 Å². The van der Waals surface area contributed by atoms with Crippen LogP contribution in [0.4, 0.5) is 0 Å². The van der Waals surface area contributed by atoms with E-state index < -0.39 is 0 Å². The molecule has 0 fully saturated rings. The van der Waals surface area contributed by atoms with Gasteiger partial charge in [-0.1, -0.05) is 18.2 Å². The molecule has 0 aliphatic heterocycles. The highest BCUT2D eigenvalue weighted by molar-refractivity contribution is 5.77. The highest BCUT2D eigenvalue weighted by Crippen LogP contribution is 2.20. The third-order valence-corrected chi connectivity index (χ3v) is 4.68. The molecule has 0 unspecified atom stereocenters. The molecule has 1 heterocycles. The molecule has 0 radical (unpaired) electrons. The van der Waals surface area contributed by atoms with Crippen molar-refractivity contribution in [1.82, 2.24) is 14.7 Å². The molecule has 2 aromatic carbocycles. The van der Waals surface area contributed by atoms with Crippen LogP contribution in [0.1, 0.15) is 17.0 Å². The highest BCUT2D eigenvalue weighted by Gasteiger charge is 2.17. The fourth-order valence-electron chi connectivity index (χ4n) is 2.98. The van der Waals surface area contributed by atoms with Crippen molar-refractivity contribution in [2.24, 2.45) is 0 Å². The van der Waals surface area contributed by atoms with Crippen LogP contribution >= 0.6 is 0 Å². The average molecular weight is 379 g/mol. The number of likely N-dealkylation sites (N-methyl/N-ethyl adjacent to an activating group) is 1.